The molecule has 2 aromatic rings. The highest BCUT2D eigenvalue weighted by Gasteiger charge is 1.99. The highest BCUT2D eigenvalue weighted by atomic mass is 35.5. The molecule has 0 aliphatic rings. The van der Waals surface area contributed by atoms with E-state index in [2.05, 4.69) is 6.07 Å². The number of hydrogen-bond donors (Lipinski definition) is 1. The molecule has 0 aliphatic heterocycles. The molecule has 2 rings (SSSR count). The molecule has 0 aromatic heterocycles. The Labute approximate surface area is 135 Å². The lowest BCUT2D eigenvalue weighted by Gasteiger charge is -2.08. The number of ether oxygens (including phenoxy) is 1. The minimum atomic E-state index is 0.547. The van der Waals surface area contributed by atoms with Gasteiger partial charge in [-0.15, -0.1) is 0 Å². The van der Waals surface area contributed by atoms with E-state index in [0.717, 1.165) is 40.9 Å². The third-order valence-electron chi connectivity index (χ3n) is 3.05. The van der Waals surface area contributed by atoms with Crippen LogP contribution in [0.2, 0.25) is 5.02 Å². The Hall–Kier alpha value is -1.16. The Morgan fingerprint density at radius 1 is 1.10 bits per heavy atom. The smallest absolute Gasteiger partial charge is 0.119 e. The molecule has 0 unspecified atom stereocenters. The maximum absolute atomic E-state index is 6.12. The van der Waals surface area contributed by atoms with Gasteiger partial charge in [0.15, 0.2) is 0 Å². The number of benzene rings is 2. The molecule has 0 spiro atoms. The summed E-state index contributed by atoms with van der Waals surface area (Å²) in [6.45, 7) is 1.27. The highest BCUT2D eigenvalue weighted by Crippen LogP contribution is 2.21. The average Bonchev–Trinajstić information content (AvgIpc) is 2.52. The SMILES string of the molecule is NCc1cccc(OCCCSCc2ccccc2Cl)c1. The second-order valence-electron chi connectivity index (χ2n) is 4.70. The van der Waals surface area contributed by atoms with Gasteiger partial charge in [0.1, 0.15) is 5.75 Å². The molecule has 0 saturated carbocycles. The van der Waals surface area contributed by atoms with Crippen molar-refractivity contribution in [1.82, 2.24) is 0 Å². The molecular weight excluding hydrogens is 302 g/mol. The molecule has 0 atom stereocenters. The van der Waals surface area contributed by atoms with E-state index in [4.69, 9.17) is 22.1 Å². The van der Waals surface area contributed by atoms with Crippen LogP contribution in [0.15, 0.2) is 48.5 Å². The van der Waals surface area contributed by atoms with E-state index in [0.29, 0.717) is 6.54 Å². The predicted molar refractivity (Wildman–Crippen MR) is 92.1 cm³/mol. The van der Waals surface area contributed by atoms with Gasteiger partial charge in [-0.05, 0) is 41.5 Å². The second-order valence-corrected chi connectivity index (χ2v) is 6.21. The largest absolute Gasteiger partial charge is 0.494 e. The molecule has 2 nitrogen and oxygen atoms in total. The normalized spacial score (nSPS) is 10.6. The molecule has 0 amide bonds. The lowest BCUT2D eigenvalue weighted by atomic mass is 10.2. The lowest BCUT2D eigenvalue weighted by Crippen LogP contribution is -2.01. The summed E-state index contributed by atoms with van der Waals surface area (Å²) in [7, 11) is 0. The van der Waals surface area contributed by atoms with E-state index in [1.165, 1.54) is 5.56 Å². The van der Waals surface area contributed by atoms with Crippen LogP contribution in [0, 0.1) is 0 Å². The number of halogens is 1. The van der Waals surface area contributed by atoms with Crippen molar-refractivity contribution in [3.63, 3.8) is 0 Å². The first-order chi connectivity index (χ1) is 10.3. The van der Waals surface area contributed by atoms with Crippen LogP contribution >= 0.6 is 23.4 Å². The van der Waals surface area contributed by atoms with E-state index in [1.807, 2.05) is 54.2 Å². The minimum Gasteiger partial charge on any atom is -0.494 e. The Kier molecular flexibility index (Phi) is 6.93. The summed E-state index contributed by atoms with van der Waals surface area (Å²) in [5.74, 6) is 2.90. The number of rotatable bonds is 8. The molecule has 0 aliphatic carbocycles. The zero-order valence-electron chi connectivity index (χ0n) is 11.9. The monoisotopic (exact) mass is 321 g/mol. The first kappa shape index (κ1) is 16.2. The third kappa shape index (κ3) is 5.62. The molecular formula is C17H20ClNOS. The summed E-state index contributed by atoms with van der Waals surface area (Å²) in [6.07, 6.45) is 1.02. The van der Waals surface area contributed by atoms with Crippen LogP contribution in [-0.4, -0.2) is 12.4 Å². The quantitative estimate of drug-likeness (QED) is 0.727. The van der Waals surface area contributed by atoms with Crippen LogP contribution in [0.5, 0.6) is 5.75 Å². The van der Waals surface area contributed by atoms with E-state index in [-0.39, 0.29) is 0 Å². The molecule has 2 aromatic carbocycles. The first-order valence-corrected chi connectivity index (χ1v) is 8.56. The summed E-state index contributed by atoms with van der Waals surface area (Å²) in [5.41, 5.74) is 7.90. The van der Waals surface area contributed by atoms with Crippen molar-refractivity contribution in [2.75, 3.05) is 12.4 Å². The first-order valence-electron chi connectivity index (χ1n) is 7.02. The zero-order valence-corrected chi connectivity index (χ0v) is 13.5. The molecule has 0 radical (unpaired) electrons. The summed E-state index contributed by atoms with van der Waals surface area (Å²) in [6, 6.07) is 15.9. The Balaban J connectivity index is 1.63. The fourth-order valence-electron chi connectivity index (χ4n) is 1.91. The maximum Gasteiger partial charge on any atom is 0.119 e. The zero-order chi connectivity index (χ0) is 14.9. The van der Waals surface area contributed by atoms with Crippen LogP contribution in [0.25, 0.3) is 0 Å². The maximum atomic E-state index is 6.12. The van der Waals surface area contributed by atoms with Crippen molar-refractivity contribution in [3.8, 4) is 5.75 Å². The van der Waals surface area contributed by atoms with Crippen molar-refractivity contribution in [2.45, 2.75) is 18.7 Å². The molecule has 2 N–H and O–H groups in total. The summed E-state index contributed by atoms with van der Waals surface area (Å²) in [5, 5.41) is 0.847. The van der Waals surface area contributed by atoms with Crippen molar-refractivity contribution in [2.24, 2.45) is 5.73 Å². The molecule has 4 heteroatoms. The topological polar surface area (TPSA) is 35.2 Å². The molecule has 0 fully saturated rings. The van der Waals surface area contributed by atoms with E-state index >= 15 is 0 Å². The highest BCUT2D eigenvalue weighted by molar-refractivity contribution is 7.98. The molecule has 0 bridgehead atoms. The molecule has 0 saturated heterocycles. The van der Waals surface area contributed by atoms with Gasteiger partial charge in [0.05, 0.1) is 6.61 Å². The Bertz CT molecular complexity index is 562. The standard InChI is InChI=1S/C17H20ClNOS/c18-17-8-2-1-6-15(17)13-21-10-4-9-20-16-7-3-5-14(11-16)12-19/h1-3,5-8,11H,4,9-10,12-13,19H2. The Morgan fingerprint density at radius 2 is 1.95 bits per heavy atom. The van der Waals surface area contributed by atoms with Gasteiger partial charge in [0.2, 0.25) is 0 Å². The van der Waals surface area contributed by atoms with E-state index in [1.54, 1.807) is 0 Å². The van der Waals surface area contributed by atoms with Crippen LogP contribution in [0.1, 0.15) is 17.5 Å². The predicted octanol–water partition coefficient (Wildman–Crippen LogP) is 4.50. The second kappa shape index (κ2) is 8.98. The number of nitrogens with two attached hydrogens (primary N) is 1. The van der Waals surface area contributed by atoms with Gasteiger partial charge in [-0.3, -0.25) is 0 Å². The number of thioether (sulfide) groups is 1. The van der Waals surface area contributed by atoms with Gasteiger partial charge in [-0.1, -0.05) is 41.9 Å². The van der Waals surface area contributed by atoms with Gasteiger partial charge >= 0.3 is 0 Å². The van der Waals surface area contributed by atoms with Crippen molar-refractivity contribution in [3.05, 3.63) is 64.7 Å². The van der Waals surface area contributed by atoms with Crippen LogP contribution in [0.3, 0.4) is 0 Å². The minimum absolute atomic E-state index is 0.547. The molecule has 112 valence electrons. The van der Waals surface area contributed by atoms with Gasteiger partial charge in [0.25, 0.3) is 0 Å². The van der Waals surface area contributed by atoms with Gasteiger partial charge < -0.3 is 10.5 Å². The van der Waals surface area contributed by atoms with Crippen molar-refractivity contribution in [1.29, 1.82) is 0 Å². The summed E-state index contributed by atoms with van der Waals surface area (Å²) in [4.78, 5) is 0. The molecule has 0 heterocycles. The van der Waals surface area contributed by atoms with Crippen molar-refractivity contribution < 1.29 is 4.74 Å². The average molecular weight is 322 g/mol. The van der Waals surface area contributed by atoms with Gasteiger partial charge in [0, 0.05) is 17.3 Å². The Morgan fingerprint density at radius 3 is 2.76 bits per heavy atom. The lowest BCUT2D eigenvalue weighted by molar-refractivity contribution is 0.318. The van der Waals surface area contributed by atoms with Crippen molar-refractivity contribution >= 4 is 23.4 Å². The van der Waals surface area contributed by atoms with Crippen LogP contribution in [-0.2, 0) is 12.3 Å². The summed E-state index contributed by atoms with van der Waals surface area (Å²) < 4.78 is 5.73. The summed E-state index contributed by atoms with van der Waals surface area (Å²) >= 11 is 8.00. The van der Waals surface area contributed by atoms with Gasteiger partial charge in [-0.25, -0.2) is 0 Å². The fourth-order valence-corrected chi connectivity index (χ4v) is 3.13. The van der Waals surface area contributed by atoms with E-state index in [9.17, 15) is 0 Å². The van der Waals surface area contributed by atoms with Gasteiger partial charge in [-0.2, -0.15) is 11.8 Å². The van der Waals surface area contributed by atoms with Crippen LogP contribution < -0.4 is 10.5 Å². The fraction of sp³-hybridized carbons (Fsp3) is 0.294. The molecule has 21 heavy (non-hydrogen) atoms. The van der Waals surface area contributed by atoms with E-state index < -0.39 is 0 Å². The number of hydrogen-bond acceptors (Lipinski definition) is 3. The van der Waals surface area contributed by atoms with Crippen LogP contribution in [0.4, 0.5) is 0 Å². The third-order valence-corrected chi connectivity index (χ3v) is 4.51.